The van der Waals surface area contributed by atoms with Crippen LogP contribution in [0.1, 0.15) is 18.4 Å². The van der Waals surface area contributed by atoms with Gasteiger partial charge in [0, 0.05) is 0 Å². The molecule has 132 valence electrons. The van der Waals surface area contributed by atoms with E-state index in [0.29, 0.717) is 11.5 Å². The third-order valence-corrected chi connectivity index (χ3v) is 4.54. The van der Waals surface area contributed by atoms with Gasteiger partial charge in [-0.25, -0.2) is 9.50 Å². The predicted molar refractivity (Wildman–Crippen MR) is 89.5 cm³/mol. The van der Waals surface area contributed by atoms with Crippen LogP contribution in [0.25, 0.3) is 16.9 Å². The van der Waals surface area contributed by atoms with E-state index in [1.54, 1.807) is 20.8 Å². The molecule has 0 unspecified atom stereocenters. The van der Waals surface area contributed by atoms with E-state index >= 15 is 0 Å². The molecule has 3 rings (SSSR count). The molecular weight excluding hydrogens is 348 g/mol. The average molecular weight is 364 g/mol. The molecule has 0 bridgehead atoms. The molecule has 2 heterocycles. The minimum Gasteiger partial charge on any atom is -0.493 e. The number of aryl methyl sites for hydroxylation is 2. The van der Waals surface area contributed by atoms with E-state index in [1.165, 1.54) is 22.7 Å². The van der Waals surface area contributed by atoms with Crippen molar-refractivity contribution in [1.82, 2.24) is 19.6 Å². The number of hydrogen-bond donors (Lipinski definition) is 2. The third kappa shape index (κ3) is 2.89. The molecule has 0 spiro atoms. The van der Waals surface area contributed by atoms with Crippen LogP contribution in [-0.2, 0) is 10.1 Å². The van der Waals surface area contributed by atoms with Crippen molar-refractivity contribution in [3.05, 3.63) is 40.1 Å². The van der Waals surface area contributed by atoms with E-state index in [4.69, 9.17) is 4.74 Å². The maximum absolute atomic E-state index is 12.4. The number of benzene rings is 1. The first-order valence-electron chi connectivity index (χ1n) is 7.44. The molecule has 0 amide bonds. The largest absolute Gasteiger partial charge is 0.493 e. The van der Waals surface area contributed by atoms with Crippen molar-refractivity contribution >= 4 is 15.6 Å². The number of aromatic amines is 1. The average Bonchev–Trinajstić information content (AvgIpc) is 2.81. The summed E-state index contributed by atoms with van der Waals surface area (Å²) in [5, 5.41) is 4.29. The van der Waals surface area contributed by atoms with E-state index in [2.05, 4.69) is 15.1 Å². The van der Waals surface area contributed by atoms with Crippen molar-refractivity contribution in [2.75, 3.05) is 6.61 Å². The molecule has 0 saturated carbocycles. The fraction of sp³-hybridized carbons (Fsp3) is 0.267. The monoisotopic (exact) mass is 364 g/mol. The number of nitrogens with one attached hydrogen (secondary N) is 1. The Kier molecular flexibility index (Phi) is 4.09. The molecule has 0 atom stereocenters. The Bertz CT molecular complexity index is 1130. The standard InChI is InChI=1S/C15H16N4O5S/c1-4-24-10-6-5-7-11(25(21,22)23)12(10)14-17-15(20)13-8(2)16-9(3)19(13)18-14/h5-7H,4H2,1-3H3,(H,17,18,20)(H,21,22,23). The van der Waals surface area contributed by atoms with Gasteiger partial charge in [-0.1, -0.05) is 6.07 Å². The molecule has 0 radical (unpaired) electrons. The van der Waals surface area contributed by atoms with Gasteiger partial charge in [0.15, 0.2) is 11.3 Å². The van der Waals surface area contributed by atoms with Crippen LogP contribution >= 0.6 is 0 Å². The van der Waals surface area contributed by atoms with Gasteiger partial charge < -0.3 is 9.72 Å². The second-order valence-electron chi connectivity index (χ2n) is 5.34. The van der Waals surface area contributed by atoms with Crippen LogP contribution in [0.3, 0.4) is 0 Å². The van der Waals surface area contributed by atoms with Gasteiger partial charge in [0.05, 0.1) is 17.9 Å². The highest BCUT2D eigenvalue weighted by molar-refractivity contribution is 7.86. The summed E-state index contributed by atoms with van der Waals surface area (Å²) in [7, 11) is -4.56. The van der Waals surface area contributed by atoms with E-state index in [1.807, 2.05) is 0 Å². The molecular formula is C15H16N4O5S. The molecule has 0 aliphatic heterocycles. The number of hydrogen-bond acceptors (Lipinski definition) is 6. The van der Waals surface area contributed by atoms with Gasteiger partial charge in [-0.2, -0.15) is 8.42 Å². The number of aromatic nitrogens is 4. The lowest BCUT2D eigenvalue weighted by molar-refractivity contribution is 0.340. The highest BCUT2D eigenvalue weighted by Gasteiger charge is 2.24. The fourth-order valence-electron chi connectivity index (χ4n) is 2.68. The number of imidazole rings is 1. The van der Waals surface area contributed by atoms with Crippen LogP contribution in [0.2, 0.25) is 0 Å². The van der Waals surface area contributed by atoms with Gasteiger partial charge in [0.1, 0.15) is 16.5 Å². The first-order chi connectivity index (χ1) is 11.7. The normalized spacial score (nSPS) is 11.8. The summed E-state index contributed by atoms with van der Waals surface area (Å²) >= 11 is 0. The van der Waals surface area contributed by atoms with Crippen LogP contribution in [0.15, 0.2) is 27.9 Å². The fourth-order valence-corrected chi connectivity index (χ4v) is 3.39. The zero-order valence-electron chi connectivity index (χ0n) is 13.8. The highest BCUT2D eigenvalue weighted by Crippen LogP contribution is 2.33. The third-order valence-electron chi connectivity index (χ3n) is 3.64. The number of nitrogens with zero attached hydrogens (tertiary/aromatic N) is 3. The summed E-state index contributed by atoms with van der Waals surface area (Å²) in [6.45, 7) is 5.34. The molecule has 9 nitrogen and oxygen atoms in total. The maximum atomic E-state index is 12.4. The summed E-state index contributed by atoms with van der Waals surface area (Å²) < 4.78 is 39.9. The quantitative estimate of drug-likeness (QED) is 0.669. The smallest absolute Gasteiger partial charge is 0.295 e. The molecule has 0 aliphatic carbocycles. The molecule has 0 aliphatic rings. The van der Waals surface area contributed by atoms with Crippen LogP contribution < -0.4 is 10.3 Å². The summed E-state index contributed by atoms with van der Waals surface area (Å²) in [4.78, 5) is 18.8. The van der Waals surface area contributed by atoms with Gasteiger partial charge in [-0.3, -0.25) is 9.35 Å². The van der Waals surface area contributed by atoms with E-state index in [9.17, 15) is 17.8 Å². The molecule has 0 fully saturated rings. The molecule has 10 heteroatoms. The van der Waals surface area contributed by atoms with Gasteiger partial charge in [0.25, 0.3) is 15.7 Å². The van der Waals surface area contributed by atoms with Gasteiger partial charge >= 0.3 is 0 Å². The summed E-state index contributed by atoms with van der Waals surface area (Å²) in [5.74, 6) is 0.603. The minimum absolute atomic E-state index is 0.0170. The summed E-state index contributed by atoms with van der Waals surface area (Å²) in [6.07, 6.45) is 0. The topological polar surface area (TPSA) is 127 Å². The molecule has 2 N–H and O–H groups in total. The Morgan fingerprint density at radius 2 is 2.04 bits per heavy atom. The number of ether oxygens (including phenoxy) is 1. The number of rotatable bonds is 4. The first kappa shape index (κ1) is 17.1. The summed E-state index contributed by atoms with van der Waals surface area (Å²) in [5.41, 5.74) is 0.279. The lowest BCUT2D eigenvalue weighted by atomic mass is 10.2. The molecule has 0 saturated heterocycles. The molecule has 2 aromatic heterocycles. The SMILES string of the molecule is CCOc1cccc(S(=O)(=O)O)c1-c1nn2c(C)nc(C)c2c(=O)[nH]1. The van der Waals surface area contributed by atoms with E-state index in [-0.39, 0.29) is 29.3 Å². The van der Waals surface area contributed by atoms with E-state index in [0.717, 1.165) is 0 Å². The molecule has 3 aromatic rings. The second kappa shape index (κ2) is 5.97. The first-order valence-corrected chi connectivity index (χ1v) is 8.88. The Labute approximate surface area is 143 Å². The second-order valence-corrected chi connectivity index (χ2v) is 6.73. The Hall–Kier alpha value is -2.72. The van der Waals surface area contributed by atoms with Crippen molar-refractivity contribution in [1.29, 1.82) is 0 Å². The summed E-state index contributed by atoms with van der Waals surface area (Å²) in [6, 6.07) is 4.17. The van der Waals surface area contributed by atoms with Crippen molar-refractivity contribution in [2.24, 2.45) is 0 Å². The van der Waals surface area contributed by atoms with Gasteiger partial charge in [-0.15, -0.1) is 5.10 Å². The zero-order valence-corrected chi connectivity index (χ0v) is 14.6. The van der Waals surface area contributed by atoms with Crippen LogP contribution in [0.5, 0.6) is 5.75 Å². The lowest BCUT2D eigenvalue weighted by Gasteiger charge is -2.13. The van der Waals surface area contributed by atoms with Crippen molar-refractivity contribution in [2.45, 2.75) is 25.7 Å². The molecule has 25 heavy (non-hydrogen) atoms. The lowest BCUT2D eigenvalue weighted by Crippen LogP contribution is -2.16. The van der Waals surface area contributed by atoms with Crippen molar-refractivity contribution in [3.63, 3.8) is 0 Å². The highest BCUT2D eigenvalue weighted by atomic mass is 32.2. The van der Waals surface area contributed by atoms with Crippen LogP contribution in [0.4, 0.5) is 0 Å². The number of fused-ring (bicyclic) bond motifs is 1. The van der Waals surface area contributed by atoms with Crippen molar-refractivity contribution in [3.8, 4) is 17.1 Å². The zero-order chi connectivity index (χ0) is 18.4. The Morgan fingerprint density at radius 3 is 2.68 bits per heavy atom. The van der Waals surface area contributed by atoms with Gasteiger partial charge in [0.2, 0.25) is 0 Å². The Balaban J connectivity index is 2.42. The predicted octanol–water partition coefficient (Wildman–Crippen LogP) is 1.35. The molecule has 1 aromatic carbocycles. The Morgan fingerprint density at radius 1 is 1.32 bits per heavy atom. The van der Waals surface area contributed by atoms with Crippen LogP contribution in [-0.4, -0.2) is 39.2 Å². The van der Waals surface area contributed by atoms with Gasteiger partial charge in [-0.05, 0) is 32.9 Å². The minimum atomic E-state index is -4.56. The van der Waals surface area contributed by atoms with Crippen molar-refractivity contribution < 1.29 is 17.7 Å². The van der Waals surface area contributed by atoms with E-state index < -0.39 is 20.6 Å². The maximum Gasteiger partial charge on any atom is 0.295 e. The number of H-pyrrole nitrogens is 1. The van der Waals surface area contributed by atoms with Crippen LogP contribution in [0, 0.1) is 13.8 Å².